The van der Waals surface area contributed by atoms with Gasteiger partial charge in [0.2, 0.25) is 0 Å². The third-order valence-corrected chi connectivity index (χ3v) is 4.29. The van der Waals surface area contributed by atoms with Gasteiger partial charge in [0.05, 0.1) is 14.2 Å². The standard InChI is InChI=1S/C18H27NO2/c1-19-13-16(14-7-5-4-6-8-14)11-15-12-17(20-2)9-10-18(15)21-3/h9-12,14,19H,4-8,13H2,1-3H3/b16-11-. The van der Waals surface area contributed by atoms with E-state index in [0.29, 0.717) is 5.92 Å². The summed E-state index contributed by atoms with van der Waals surface area (Å²) in [6.45, 7) is 0.936. The molecule has 0 amide bonds. The van der Waals surface area contributed by atoms with Crippen LogP contribution in [0.1, 0.15) is 37.7 Å². The molecule has 1 aromatic rings. The predicted molar refractivity (Wildman–Crippen MR) is 88.0 cm³/mol. The van der Waals surface area contributed by atoms with Gasteiger partial charge < -0.3 is 14.8 Å². The molecule has 116 valence electrons. The van der Waals surface area contributed by atoms with Crippen LogP contribution in [0.5, 0.6) is 11.5 Å². The minimum absolute atomic E-state index is 0.696. The summed E-state index contributed by atoms with van der Waals surface area (Å²) in [6.07, 6.45) is 8.97. The molecule has 2 rings (SSSR count). The van der Waals surface area contributed by atoms with Crippen molar-refractivity contribution in [3.63, 3.8) is 0 Å². The van der Waals surface area contributed by atoms with Crippen molar-refractivity contribution in [1.82, 2.24) is 5.32 Å². The highest BCUT2D eigenvalue weighted by Crippen LogP contribution is 2.33. The number of hydrogen-bond donors (Lipinski definition) is 1. The molecule has 3 heteroatoms. The lowest BCUT2D eigenvalue weighted by atomic mass is 9.83. The number of nitrogens with one attached hydrogen (secondary N) is 1. The van der Waals surface area contributed by atoms with Gasteiger partial charge in [-0.3, -0.25) is 0 Å². The molecule has 0 saturated heterocycles. The molecule has 1 aromatic carbocycles. The Bertz CT molecular complexity index is 476. The number of likely N-dealkylation sites (N-methyl/N-ethyl adjacent to an activating group) is 1. The molecule has 0 unspecified atom stereocenters. The maximum atomic E-state index is 5.49. The van der Waals surface area contributed by atoms with Crippen LogP contribution >= 0.6 is 0 Å². The Kier molecular flexibility index (Phi) is 6.12. The number of methoxy groups -OCH3 is 2. The molecule has 0 bridgehead atoms. The quantitative estimate of drug-likeness (QED) is 0.862. The predicted octanol–water partition coefficient (Wildman–Crippen LogP) is 3.89. The zero-order valence-electron chi connectivity index (χ0n) is 13.4. The van der Waals surface area contributed by atoms with Gasteiger partial charge in [-0.2, -0.15) is 0 Å². The Morgan fingerprint density at radius 2 is 1.95 bits per heavy atom. The van der Waals surface area contributed by atoms with Crippen LogP contribution < -0.4 is 14.8 Å². The molecule has 0 heterocycles. The van der Waals surface area contributed by atoms with E-state index in [1.165, 1.54) is 37.7 Å². The van der Waals surface area contributed by atoms with Crippen molar-refractivity contribution < 1.29 is 9.47 Å². The van der Waals surface area contributed by atoms with E-state index in [1.54, 1.807) is 14.2 Å². The fourth-order valence-corrected chi connectivity index (χ4v) is 3.14. The van der Waals surface area contributed by atoms with E-state index >= 15 is 0 Å². The molecule has 0 aromatic heterocycles. The minimum atomic E-state index is 0.696. The van der Waals surface area contributed by atoms with Gasteiger partial charge >= 0.3 is 0 Å². The molecule has 1 N–H and O–H groups in total. The lowest BCUT2D eigenvalue weighted by Gasteiger charge is -2.25. The Morgan fingerprint density at radius 3 is 2.57 bits per heavy atom. The summed E-state index contributed by atoms with van der Waals surface area (Å²) < 4.78 is 10.8. The summed E-state index contributed by atoms with van der Waals surface area (Å²) in [6, 6.07) is 5.97. The Labute approximate surface area is 128 Å². The van der Waals surface area contributed by atoms with Crippen LogP contribution in [0.15, 0.2) is 23.8 Å². The van der Waals surface area contributed by atoms with Crippen molar-refractivity contribution in [2.24, 2.45) is 5.92 Å². The van der Waals surface area contributed by atoms with Crippen molar-refractivity contribution in [2.75, 3.05) is 27.8 Å². The van der Waals surface area contributed by atoms with Gasteiger partial charge in [0.15, 0.2) is 0 Å². The highest BCUT2D eigenvalue weighted by molar-refractivity contribution is 5.62. The van der Waals surface area contributed by atoms with Gasteiger partial charge in [0.1, 0.15) is 11.5 Å². The first-order valence-corrected chi connectivity index (χ1v) is 7.85. The molecule has 21 heavy (non-hydrogen) atoms. The van der Waals surface area contributed by atoms with Crippen molar-refractivity contribution >= 4 is 6.08 Å². The Hall–Kier alpha value is -1.48. The number of hydrogen-bond acceptors (Lipinski definition) is 3. The van der Waals surface area contributed by atoms with Gasteiger partial charge in [0.25, 0.3) is 0 Å². The third-order valence-electron chi connectivity index (χ3n) is 4.29. The van der Waals surface area contributed by atoms with E-state index in [9.17, 15) is 0 Å². The van der Waals surface area contributed by atoms with Gasteiger partial charge in [0, 0.05) is 12.1 Å². The van der Waals surface area contributed by atoms with Crippen molar-refractivity contribution in [3.8, 4) is 11.5 Å². The van der Waals surface area contributed by atoms with E-state index in [0.717, 1.165) is 23.6 Å². The summed E-state index contributed by atoms with van der Waals surface area (Å²) in [4.78, 5) is 0. The molecule has 1 fully saturated rings. The van der Waals surface area contributed by atoms with Crippen LogP contribution in [0.4, 0.5) is 0 Å². The molecular weight excluding hydrogens is 262 g/mol. The van der Waals surface area contributed by atoms with Crippen LogP contribution in [0.2, 0.25) is 0 Å². The van der Waals surface area contributed by atoms with E-state index < -0.39 is 0 Å². The topological polar surface area (TPSA) is 30.5 Å². The maximum absolute atomic E-state index is 5.49. The van der Waals surface area contributed by atoms with E-state index in [2.05, 4.69) is 17.5 Å². The molecule has 0 spiro atoms. The molecule has 0 aliphatic heterocycles. The lowest BCUT2D eigenvalue weighted by molar-refractivity contribution is 0.396. The number of ether oxygens (including phenoxy) is 2. The third kappa shape index (κ3) is 4.24. The Balaban J connectivity index is 2.31. The van der Waals surface area contributed by atoms with Gasteiger partial charge in [-0.25, -0.2) is 0 Å². The highest BCUT2D eigenvalue weighted by Gasteiger charge is 2.18. The second-order valence-electron chi connectivity index (χ2n) is 5.69. The zero-order chi connectivity index (χ0) is 15.1. The zero-order valence-corrected chi connectivity index (χ0v) is 13.4. The van der Waals surface area contributed by atoms with Gasteiger partial charge in [-0.15, -0.1) is 0 Å². The average molecular weight is 289 g/mol. The van der Waals surface area contributed by atoms with Crippen molar-refractivity contribution in [2.45, 2.75) is 32.1 Å². The lowest BCUT2D eigenvalue weighted by Crippen LogP contribution is -2.19. The first kappa shape index (κ1) is 15.9. The summed E-state index contributed by atoms with van der Waals surface area (Å²) in [7, 11) is 5.43. The summed E-state index contributed by atoms with van der Waals surface area (Å²) in [5.74, 6) is 2.47. The SMILES string of the molecule is CNC/C(=C/c1cc(OC)ccc1OC)C1CCCCC1. The molecule has 0 atom stereocenters. The smallest absolute Gasteiger partial charge is 0.126 e. The molecule has 1 saturated carbocycles. The maximum Gasteiger partial charge on any atom is 0.126 e. The molecule has 1 aliphatic rings. The summed E-state index contributed by atoms with van der Waals surface area (Å²) in [5, 5.41) is 3.31. The second-order valence-corrected chi connectivity index (χ2v) is 5.69. The van der Waals surface area contributed by atoms with E-state index in [-0.39, 0.29) is 0 Å². The molecular formula is C18H27NO2. The van der Waals surface area contributed by atoms with E-state index in [4.69, 9.17) is 9.47 Å². The first-order chi connectivity index (χ1) is 10.3. The normalized spacial score (nSPS) is 16.8. The Morgan fingerprint density at radius 1 is 1.19 bits per heavy atom. The van der Waals surface area contributed by atoms with Gasteiger partial charge in [-0.05, 0) is 44.0 Å². The molecule has 0 radical (unpaired) electrons. The molecule has 1 aliphatic carbocycles. The van der Waals surface area contributed by atoms with Crippen LogP contribution in [0, 0.1) is 5.92 Å². The fourth-order valence-electron chi connectivity index (χ4n) is 3.14. The van der Waals surface area contributed by atoms with Crippen LogP contribution in [-0.2, 0) is 0 Å². The number of benzene rings is 1. The molecule has 3 nitrogen and oxygen atoms in total. The average Bonchev–Trinajstić information content (AvgIpc) is 2.55. The van der Waals surface area contributed by atoms with Crippen LogP contribution in [-0.4, -0.2) is 27.8 Å². The van der Waals surface area contributed by atoms with Crippen LogP contribution in [0.3, 0.4) is 0 Å². The van der Waals surface area contributed by atoms with Gasteiger partial charge in [-0.1, -0.05) is 30.9 Å². The second kappa shape index (κ2) is 8.08. The monoisotopic (exact) mass is 289 g/mol. The summed E-state index contributed by atoms with van der Waals surface area (Å²) >= 11 is 0. The van der Waals surface area contributed by atoms with Crippen molar-refractivity contribution in [1.29, 1.82) is 0 Å². The largest absolute Gasteiger partial charge is 0.497 e. The number of rotatable bonds is 6. The fraction of sp³-hybridized carbons (Fsp3) is 0.556. The highest BCUT2D eigenvalue weighted by atomic mass is 16.5. The minimum Gasteiger partial charge on any atom is -0.497 e. The van der Waals surface area contributed by atoms with Crippen LogP contribution in [0.25, 0.3) is 6.08 Å². The van der Waals surface area contributed by atoms with Crippen molar-refractivity contribution in [3.05, 3.63) is 29.3 Å². The first-order valence-electron chi connectivity index (χ1n) is 7.85. The summed E-state index contributed by atoms with van der Waals surface area (Å²) in [5.41, 5.74) is 2.58. The van der Waals surface area contributed by atoms with E-state index in [1.807, 2.05) is 19.2 Å².